The van der Waals surface area contributed by atoms with Gasteiger partial charge in [0.1, 0.15) is 0 Å². The van der Waals surface area contributed by atoms with Crippen LogP contribution in [0.25, 0.3) is 0 Å². The molecule has 5 heteroatoms. The van der Waals surface area contributed by atoms with Crippen molar-refractivity contribution in [2.24, 2.45) is 0 Å². The lowest BCUT2D eigenvalue weighted by Crippen LogP contribution is -2.21. The number of aryl methyl sites for hydroxylation is 1. The SMILES string of the molecule is CCCCCC(=O)Nc1cccc(NCC(=O)Nc2cccc(C)c2)c1. The largest absolute Gasteiger partial charge is 0.376 e. The number of hydrogen-bond donors (Lipinski definition) is 3. The van der Waals surface area contributed by atoms with E-state index in [-0.39, 0.29) is 18.4 Å². The monoisotopic (exact) mass is 353 g/mol. The zero-order valence-corrected chi connectivity index (χ0v) is 15.5. The Kier molecular flexibility index (Phi) is 7.68. The Morgan fingerprint density at radius 2 is 1.50 bits per heavy atom. The van der Waals surface area contributed by atoms with Crippen LogP contribution in [0.1, 0.15) is 38.2 Å². The summed E-state index contributed by atoms with van der Waals surface area (Å²) in [6.07, 6.45) is 3.59. The van der Waals surface area contributed by atoms with Crippen LogP contribution >= 0.6 is 0 Å². The number of amides is 2. The summed E-state index contributed by atoms with van der Waals surface area (Å²) in [7, 11) is 0. The molecule has 0 saturated carbocycles. The third-order valence-corrected chi connectivity index (χ3v) is 3.91. The van der Waals surface area contributed by atoms with E-state index in [0.717, 1.165) is 41.9 Å². The lowest BCUT2D eigenvalue weighted by molar-refractivity contribution is -0.116. The van der Waals surface area contributed by atoms with Crippen molar-refractivity contribution in [2.75, 3.05) is 22.5 Å². The molecule has 0 bridgehead atoms. The van der Waals surface area contributed by atoms with E-state index in [0.29, 0.717) is 6.42 Å². The highest BCUT2D eigenvalue weighted by molar-refractivity contribution is 5.94. The van der Waals surface area contributed by atoms with Gasteiger partial charge in [0, 0.05) is 23.5 Å². The number of carbonyl (C=O) groups is 2. The molecular weight excluding hydrogens is 326 g/mol. The molecule has 0 heterocycles. The van der Waals surface area contributed by atoms with Gasteiger partial charge in [-0.3, -0.25) is 9.59 Å². The van der Waals surface area contributed by atoms with Gasteiger partial charge in [-0.15, -0.1) is 0 Å². The van der Waals surface area contributed by atoms with Gasteiger partial charge in [0.25, 0.3) is 0 Å². The van der Waals surface area contributed by atoms with E-state index >= 15 is 0 Å². The summed E-state index contributed by atoms with van der Waals surface area (Å²) in [5.74, 6) is -0.0996. The molecule has 0 atom stereocenters. The molecule has 0 unspecified atom stereocenters. The minimum atomic E-state index is -0.121. The van der Waals surface area contributed by atoms with E-state index in [2.05, 4.69) is 22.9 Å². The Morgan fingerprint density at radius 1 is 0.846 bits per heavy atom. The minimum absolute atomic E-state index is 0.0211. The smallest absolute Gasteiger partial charge is 0.243 e. The van der Waals surface area contributed by atoms with Crippen LogP contribution in [0.3, 0.4) is 0 Å². The molecule has 2 aromatic carbocycles. The maximum absolute atomic E-state index is 12.1. The first-order valence-corrected chi connectivity index (χ1v) is 9.07. The Hall–Kier alpha value is -2.82. The lowest BCUT2D eigenvalue weighted by atomic mass is 10.2. The maximum Gasteiger partial charge on any atom is 0.243 e. The molecular formula is C21H27N3O2. The Labute approximate surface area is 155 Å². The normalized spacial score (nSPS) is 10.2. The van der Waals surface area contributed by atoms with Gasteiger partial charge in [-0.25, -0.2) is 0 Å². The second-order valence-corrected chi connectivity index (χ2v) is 6.36. The van der Waals surface area contributed by atoms with Gasteiger partial charge in [-0.05, 0) is 49.2 Å². The standard InChI is InChI=1S/C21H27N3O2/c1-3-4-5-12-20(25)23-19-11-7-9-17(14-19)22-15-21(26)24-18-10-6-8-16(2)13-18/h6-11,13-14,22H,3-5,12,15H2,1-2H3,(H,23,25)(H,24,26). The lowest BCUT2D eigenvalue weighted by Gasteiger charge is -2.10. The highest BCUT2D eigenvalue weighted by Gasteiger charge is 2.05. The van der Waals surface area contributed by atoms with Crippen molar-refractivity contribution in [3.05, 3.63) is 54.1 Å². The van der Waals surface area contributed by atoms with Crippen LogP contribution in [-0.4, -0.2) is 18.4 Å². The van der Waals surface area contributed by atoms with Gasteiger partial charge >= 0.3 is 0 Å². The van der Waals surface area contributed by atoms with Gasteiger partial charge in [0.2, 0.25) is 11.8 Å². The molecule has 26 heavy (non-hydrogen) atoms. The van der Waals surface area contributed by atoms with Gasteiger partial charge < -0.3 is 16.0 Å². The fraction of sp³-hybridized carbons (Fsp3) is 0.333. The summed E-state index contributed by atoms with van der Waals surface area (Å²) in [4.78, 5) is 24.0. The number of nitrogens with one attached hydrogen (secondary N) is 3. The number of carbonyl (C=O) groups excluding carboxylic acids is 2. The number of unbranched alkanes of at least 4 members (excludes halogenated alkanes) is 2. The zero-order chi connectivity index (χ0) is 18.8. The van der Waals surface area contributed by atoms with Gasteiger partial charge in [0.05, 0.1) is 6.54 Å². The van der Waals surface area contributed by atoms with Crippen molar-refractivity contribution in [2.45, 2.75) is 39.5 Å². The van der Waals surface area contributed by atoms with Crippen LogP contribution in [0.4, 0.5) is 17.1 Å². The maximum atomic E-state index is 12.1. The minimum Gasteiger partial charge on any atom is -0.376 e. The van der Waals surface area contributed by atoms with Gasteiger partial charge in [-0.1, -0.05) is 38.0 Å². The number of benzene rings is 2. The van der Waals surface area contributed by atoms with Crippen molar-refractivity contribution < 1.29 is 9.59 Å². The van der Waals surface area contributed by atoms with Crippen LogP contribution in [-0.2, 0) is 9.59 Å². The van der Waals surface area contributed by atoms with Crippen LogP contribution in [0.15, 0.2) is 48.5 Å². The van der Waals surface area contributed by atoms with E-state index in [1.54, 1.807) is 0 Å². The quantitative estimate of drug-likeness (QED) is 0.579. The van der Waals surface area contributed by atoms with E-state index in [1.165, 1.54) is 0 Å². The van der Waals surface area contributed by atoms with E-state index in [9.17, 15) is 9.59 Å². The van der Waals surface area contributed by atoms with Crippen molar-refractivity contribution in [3.63, 3.8) is 0 Å². The van der Waals surface area contributed by atoms with Crippen molar-refractivity contribution >= 4 is 28.9 Å². The summed E-state index contributed by atoms with van der Waals surface area (Å²) in [5.41, 5.74) is 3.40. The molecule has 3 N–H and O–H groups in total. The predicted molar refractivity (Wildman–Crippen MR) is 108 cm³/mol. The molecule has 0 aliphatic heterocycles. The first-order chi connectivity index (χ1) is 12.6. The van der Waals surface area contributed by atoms with Crippen LogP contribution in [0.2, 0.25) is 0 Å². The number of rotatable bonds is 9. The first kappa shape index (κ1) is 19.5. The van der Waals surface area contributed by atoms with Crippen LogP contribution < -0.4 is 16.0 Å². The van der Waals surface area contributed by atoms with Gasteiger partial charge in [-0.2, -0.15) is 0 Å². The van der Waals surface area contributed by atoms with E-state index in [4.69, 9.17) is 0 Å². The van der Waals surface area contributed by atoms with E-state index in [1.807, 2.05) is 55.5 Å². The fourth-order valence-corrected chi connectivity index (χ4v) is 2.58. The second kappa shape index (κ2) is 10.2. The average Bonchev–Trinajstić information content (AvgIpc) is 2.60. The zero-order valence-electron chi connectivity index (χ0n) is 15.5. The molecule has 0 radical (unpaired) electrons. The topological polar surface area (TPSA) is 70.2 Å². The summed E-state index contributed by atoms with van der Waals surface area (Å²) in [5, 5.41) is 8.83. The Morgan fingerprint density at radius 3 is 2.23 bits per heavy atom. The fourth-order valence-electron chi connectivity index (χ4n) is 2.58. The second-order valence-electron chi connectivity index (χ2n) is 6.36. The highest BCUT2D eigenvalue weighted by Crippen LogP contribution is 2.16. The molecule has 2 rings (SSSR count). The van der Waals surface area contributed by atoms with Gasteiger partial charge in [0.15, 0.2) is 0 Å². The van der Waals surface area contributed by atoms with Crippen LogP contribution in [0, 0.1) is 6.92 Å². The molecule has 0 aromatic heterocycles. The average molecular weight is 353 g/mol. The predicted octanol–water partition coefficient (Wildman–Crippen LogP) is 4.56. The molecule has 5 nitrogen and oxygen atoms in total. The summed E-state index contributed by atoms with van der Waals surface area (Å²) in [6, 6.07) is 15.1. The van der Waals surface area contributed by atoms with Crippen molar-refractivity contribution in [3.8, 4) is 0 Å². The van der Waals surface area contributed by atoms with E-state index < -0.39 is 0 Å². The molecule has 138 valence electrons. The third kappa shape index (κ3) is 6.97. The Bertz CT molecular complexity index is 744. The third-order valence-electron chi connectivity index (χ3n) is 3.91. The highest BCUT2D eigenvalue weighted by atomic mass is 16.2. The first-order valence-electron chi connectivity index (χ1n) is 9.07. The van der Waals surface area contributed by atoms with Crippen molar-refractivity contribution in [1.82, 2.24) is 0 Å². The molecule has 2 aromatic rings. The summed E-state index contributed by atoms with van der Waals surface area (Å²) in [6.45, 7) is 4.25. The number of hydrogen-bond acceptors (Lipinski definition) is 3. The summed E-state index contributed by atoms with van der Waals surface area (Å²) >= 11 is 0. The van der Waals surface area contributed by atoms with Crippen molar-refractivity contribution in [1.29, 1.82) is 0 Å². The molecule has 0 spiro atoms. The number of anilines is 3. The Balaban J connectivity index is 1.82. The molecule has 2 amide bonds. The molecule has 0 fully saturated rings. The van der Waals surface area contributed by atoms with Crippen LogP contribution in [0.5, 0.6) is 0 Å². The summed E-state index contributed by atoms with van der Waals surface area (Å²) < 4.78 is 0. The molecule has 0 saturated heterocycles. The molecule has 0 aliphatic rings. The molecule has 0 aliphatic carbocycles.